The molecule has 1 aromatic rings. The molecular formula is C15H17Cl2NO3. The molecule has 114 valence electrons. The summed E-state index contributed by atoms with van der Waals surface area (Å²) in [7, 11) is 0. The Kier molecular flexibility index (Phi) is 5.48. The summed E-state index contributed by atoms with van der Waals surface area (Å²) in [6, 6.07) is 5.16. The lowest BCUT2D eigenvalue weighted by molar-refractivity contribution is -0.144. The lowest BCUT2D eigenvalue weighted by Gasteiger charge is -2.20. The first kappa shape index (κ1) is 16.1. The highest BCUT2D eigenvalue weighted by Gasteiger charge is 2.27. The van der Waals surface area contributed by atoms with Crippen LogP contribution in [0.15, 0.2) is 18.2 Å². The predicted molar refractivity (Wildman–Crippen MR) is 81.7 cm³/mol. The van der Waals surface area contributed by atoms with Crippen molar-refractivity contribution in [2.45, 2.75) is 25.7 Å². The van der Waals surface area contributed by atoms with E-state index in [2.05, 4.69) is 0 Å². The Morgan fingerprint density at radius 3 is 2.57 bits per heavy atom. The van der Waals surface area contributed by atoms with Crippen LogP contribution in [-0.4, -0.2) is 35.0 Å². The zero-order valence-electron chi connectivity index (χ0n) is 11.5. The summed E-state index contributed by atoms with van der Waals surface area (Å²) in [6.07, 6.45) is 2.88. The predicted octanol–water partition coefficient (Wildman–Crippen LogP) is 3.25. The molecule has 0 heterocycles. The third-order valence-corrected chi connectivity index (χ3v) is 4.06. The van der Waals surface area contributed by atoms with Gasteiger partial charge < -0.3 is 10.0 Å². The van der Waals surface area contributed by atoms with Crippen LogP contribution in [0.4, 0.5) is 0 Å². The van der Waals surface area contributed by atoms with E-state index in [4.69, 9.17) is 28.3 Å². The number of hydrogen-bond donors (Lipinski definition) is 1. The van der Waals surface area contributed by atoms with Gasteiger partial charge in [-0.3, -0.25) is 9.59 Å². The second kappa shape index (κ2) is 7.14. The van der Waals surface area contributed by atoms with Crippen LogP contribution in [0.3, 0.4) is 0 Å². The molecule has 1 fully saturated rings. The first-order chi connectivity index (χ1) is 9.95. The summed E-state index contributed by atoms with van der Waals surface area (Å²) in [5.41, 5.74) is 0.844. The molecule has 0 spiro atoms. The van der Waals surface area contributed by atoms with Crippen molar-refractivity contribution in [3.05, 3.63) is 33.8 Å². The molecule has 0 aliphatic heterocycles. The van der Waals surface area contributed by atoms with E-state index in [0.29, 0.717) is 28.9 Å². The van der Waals surface area contributed by atoms with Crippen LogP contribution < -0.4 is 0 Å². The molecular weight excluding hydrogens is 313 g/mol. The minimum Gasteiger partial charge on any atom is -0.480 e. The number of nitrogens with zero attached hydrogens (tertiary/aromatic N) is 1. The molecule has 2 rings (SSSR count). The van der Waals surface area contributed by atoms with Crippen LogP contribution in [0.1, 0.15) is 24.8 Å². The average molecular weight is 330 g/mol. The highest BCUT2D eigenvalue weighted by atomic mass is 35.5. The Morgan fingerprint density at radius 1 is 1.29 bits per heavy atom. The van der Waals surface area contributed by atoms with Gasteiger partial charge in [0.05, 0.1) is 0 Å². The summed E-state index contributed by atoms with van der Waals surface area (Å²) in [5, 5.41) is 9.98. The summed E-state index contributed by atoms with van der Waals surface area (Å²) < 4.78 is 0. The molecule has 1 saturated carbocycles. The van der Waals surface area contributed by atoms with Crippen molar-refractivity contribution in [1.82, 2.24) is 4.90 Å². The Balaban J connectivity index is 1.92. The van der Waals surface area contributed by atoms with Gasteiger partial charge in [-0.2, -0.15) is 0 Å². The van der Waals surface area contributed by atoms with Crippen LogP contribution >= 0.6 is 23.2 Å². The molecule has 0 aromatic heterocycles. The van der Waals surface area contributed by atoms with Crippen LogP contribution in [0.25, 0.3) is 0 Å². The van der Waals surface area contributed by atoms with Gasteiger partial charge in [-0.1, -0.05) is 29.3 Å². The SMILES string of the molecule is O=C(O)CN(CC1CC1)C(=O)CCc1ccc(Cl)cc1Cl. The molecule has 0 radical (unpaired) electrons. The van der Waals surface area contributed by atoms with Crippen LogP contribution in [0, 0.1) is 5.92 Å². The minimum atomic E-state index is -0.978. The summed E-state index contributed by atoms with van der Waals surface area (Å²) in [4.78, 5) is 24.5. The first-order valence-corrected chi connectivity index (χ1v) is 7.65. The normalized spacial score (nSPS) is 14.0. The molecule has 1 aromatic carbocycles. The number of amides is 1. The number of aryl methyl sites for hydroxylation is 1. The van der Waals surface area contributed by atoms with Crippen molar-refractivity contribution in [1.29, 1.82) is 0 Å². The van der Waals surface area contributed by atoms with Crippen molar-refractivity contribution in [3.63, 3.8) is 0 Å². The molecule has 0 bridgehead atoms. The third-order valence-electron chi connectivity index (χ3n) is 3.48. The topological polar surface area (TPSA) is 57.6 Å². The Bertz CT molecular complexity index is 544. The lowest BCUT2D eigenvalue weighted by Crippen LogP contribution is -2.37. The number of halogens is 2. The van der Waals surface area contributed by atoms with Crippen molar-refractivity contribution >= 4 is 35.1 Å². The molecule has 21 heavy (non-hydrogen) atoms. The Hall–Kier alpha value is -1.26. The monoisotopic (exact) mass is 329 g/mol. The zero-order chi connectivity index (χ0) is 15.4. The van der Waals surface area contributed by atoms with Gasteiger partial charge in [-0.15, -0.1) is 0 Å². The number of hydrogen-bond acceptors (Lipinski definition) is 2. The van der Waals surface area contributed by atoms with Crippen LogP contribution in [0.5, 0.6) is 0 Å². The van der Waals surface area contributed by atoms with E-state index in [1.165, 1.54) is 4.90 Å². The van der Waals surface area contributed by atoms with Crippen molar-refractivity contribution in [2.24, 2.45) is 5.92 Å². The van der Waals surface area contributed by atoms with Crippen LogP contribution in [-0.2, 0) is 16.0 Å². The summed E-state index contributed by atoms with van der Waals surface area (Å²) in [5.74, 6) is -0.656. The Labute approximate surface area is 133 Å². The maximum absolute atomic E-state index is 12.2. The van der Waals surface area contributed by atoms with Gasteiger partial charge in [0.15, 0.2) is 0 Å². The van der Waals surface area contributed by atoms with E-state index in [9.17, 15) is 9.59 Å². The number of carbonyl (C=O) groups is 2. The molecule has 0 saturated heterocycles. The van der Waals surface area contributed by atoms with Gasteiger partial charge in [-0.25, -0.2) is 0 Å². The van der Waals surface area contributed by atoms with E-state index in [0.717, 1.165) is 18.4 Å². The summed E-state index contributed by atoms with van der Waals surface area (Å²) >= 11 is 11.9. The fourth-order valence-electron chi connectivity index (χ4n) is 2.15. The molecule has 1 aliphatic carbocycles. The lowest BCUT2D eigenvalue weighted by atomic mass is 10.1. The maximum Gasteiger partial charge on any atom is 0.323 e. The van der Waals surface area contributed by atoms with Gasteiger partial charge in [0.25, 0.3) is 0 Å². The minimum absolute atomic E-state index is 0.143. The molecule has 4 nitrogen and oxygen atoms in total. The second-order valence-electron chi connectivity index (χ2n) is 5.35. The molecule has 1 N–H and O–H groups in total. The van der Waals surface area contributed by atoms with E-state index < -0.39 is 5.97 Å². The number of carboxylic acid groups (broad SMARTS) is 1. The second-order valence-corrected chi connectivity index (χ2v) is 6.19. The van der Waals surface area contributed by atoms with Gasteiger partial charge in [-0.05, 0) is 42.9 Å². The highest BCUT2D eigenvalue weighted by molar-refractivity contribution is 6.35. The fraction of sp³-hybridized carbons (Fsp3) is 0.467. The van der Waals surface area contributed by atoms with E-state index in [1.54, 1.807) is 18.2 Å². The van der Waals surface area contributed by atoms with Gasteiger partial charge in [0.1, 0.15) is 6.54 Å². The Morgan fingerprint density at radius 2 is 2.00 bits per heavy atom. The van der Waals surface area contributed by atoms with Crippen LogP contribution in [0.2, 0.25) is 10.0 Å². The van der Waals surface area contributed by atoms with Crippen molar-refractivity contribution < 1.29 is 14.7 Å². The highest BCUT2D eigenvalue weighted by Crippen LogP contribution is 2.30. The van der Waals surface area contributed by atoms with E-state index >= 15 is 0 Å². The number of carboxylic acids is 1. The number of carbonyl (C=O) groups excluding carboxylic acids is 1. The largest absolute Gasteiger partial charge is 0.480 e. The van der Waals surface area contributed by atoms with Crippen molar-refractivity contribution in [2.75, 3.05) is 13.1 Å². The molecule has 0 atom stereocenters. The van der Waals surface area contributed by atoms with Gasteiger partial charge in [0.2, 0.25) is 5.91 Å². The number of rotatable bonds is 7. The quantitative estimate of drug-likeness (QED) is 0.835. The smallest absolute Gasteiger partial charge is 0.323 e. The average Bonchev–Trinajstić information content (AvgIpc) is 3.20. The van der Waals surface area contributed by atoms with Gasteiger partial charge >= 0.3 is 5.97 Å². The van der Waals surface area contributed by atoms with E-state index in [-0.39, 0.29) is 18.9 Å². The first-order valence-electron chi connectivity index (χ1n) is 6.89. The standard InChI is InChI=1S/C15H17Cl2NO3/c16-12-5-3-11(13(17)7-12)4-6-14(19)18(9-15(20)21)8-10-1-2-10/h3,5,7,10H,1-2,4,6,8-9H2,(H,20,21). The fourth-order valence-corrected chi connectivity index (χ4v) is 2.66. The van der Waals surface area contributed by atoms with E-state index in [1.807, 2.05) is 0 Å². The number of aliphatic carboxylic acids is 1. The molecule has 6 heteroatoms. The molecule has 1 amide bonds. The van der Waals surface area contributed by atoms with Gasteiger partial charge in [0, 0.05) is 23.0 Å². The summed E-state index contributed by atoms with van der Waals surface area (Å²) in [6.45, 7) is 0.309. The third kappa shape index (κ3) is 5.21. The molecule has 0 unspecified atom stereocenters. The zero-order valence-corrected chi connectivity index (χ0v) is 13.0. The number of benzene rings is 1. The van der Waals surface area contributed by atoms with Crippen molar-refractivity contribution in [3.8, 4) is 0 Å². The molecule has 1 aliphatic rings. The maximum atomic E-state index is 12.2.